The average Bonchev–Trinajstić information content (AvgIpc) is 2.45. The summed E-state index contributed by atoms with van der Waals surface area (Å²) < 4.78 is 17.3. The molecule has 0 aliphatic carbocycles. The molecule has 6 heteroatoms. The molecule has 0 radical (unpaired) electrons. The second-order valence-corrected chi connectivity index (χ2v) is 4.23. The Kier molecular flexibility index (Phi) is 6.66. The van der Waals surface area contributed by atoms with E-state index in [4.69, 9.17) is 5.11 Å². The van der Waals surface area contributed by atoms with Gasteiger partial charge in [-0.1, -0.05) is 12.1 Å². The van der Waals surface area contributed by atoms with Gasteiger partial charge in [0.05, 0.1) is 26.6 Å². The summed E-state index contributed by atoms with van der Waals surface area (Å²) in [5.41, 5.74) is 0.678. The van der Waals surface area contributed by atoms with Crippen LogP contribution in [0.5, 0.6) is 0 Å². The first-order chi connectivity index (χ1) is 9.56. The topological polar surface area (TPSA) is 66.8 Å². The number of carbonyl (C=O) groups excluding carboxylic acids is 2. The van der Waals surface area contributed by atoms with Gasteiger partial charge in [0.2, 0.25) is 5.91 Å². The van der Waals surface area contributed by atoms with Gasteiger partial charge in [0.1, 0.15) is 5.82 Å². The first-order valence-electron chi connectivity index (χ1n) is 6.26. The largest absolute Gasteiger partial charge is 0.469 e. The fourth-order valence-electron chi connectivity index (χ4n) is 1.70. The zero-order chi connectivity index (χ0) is 15.0. The van der Waals surface area contributed by atoms with Crippen LogP contribution in [0.25, 0.3) is 0 Å². The van der Waals surface area contributed by atoms with Crippen molar-refractivity contribution in [1.82, 2.24) is 4.90 Å². The second kappa shape index (κ2) is 8.27. The maximum absolute atomic E-state index is 12.8. The van der Waals surface area contributed by atoms with Crippen LogP contribution < -0.4 is 0 Å². The van der Waals surface area contributed by atoms with Crippen LogP contribution in [0.3, 0.4) is 0 Å². The van der Waals surface area contributed by atoms with Crippen molar-refractivity contribution in [3.8, 4) is 0 Å². The number of methoxy groups -OCH3 is 1. The molecule has 0 atom stereocenters. The molecule has 0 aliphatic rings. The highest BCUT2D eigenvalue weighted by Gasteiger charge is 2.15. The number of aliphatic hydroxyl groups excluding tert-OH is 1. The molecular weight excluding hydrogens is 265 g/mol. The Morgan fingerprint density at radius 1 is 1.25 bits per heavy atom. The summed E-state index contributed by atoms with van der Waals surface area (Å²) >= 11 is 0. The minimum absolute atomic E-state index is 0.0751. The number of rotatable bonds is 7. The lowest BCUT2D eigenvalue weighted by Gasteiger charge is -2.21. The van der Waals surface area contributed by atoms with E-state index in [0.717, 1.165) is 0 Å². The van der Waals surface area contributed by atoms with E-state index in [-0.39, 0.29) is 44.3 Å². The molecule has 0 aromatic heterocycles. The third kappa shape index (κ3) is 5.36. The van der Waals surface area contributed by atoms with E-state index in [2.05, 4.69) is 4.74 Å². The van der Waals surface area contributed by atoms with Crippen LogP contribution in [0, 0.1) is 5.82 Å². The van der Waals surface area contributed by atoms with E-state index in [0.29, 0.717) is 5.56 Å². The fraction of sp³-hybridized carbons (Fsp3) is 0.429. The van der Waals surface area contributed by atoms with Crippen molar-refractivity contribution in [1.29, 1.82) is 0 Å². The highest BCUT2D eigenvalue weighted by atomic mass is 19.1. The monoisotopic (exact) mass is 283 g/mol. The van der Waals surface area contributed by atoms with Gasteiger partial charge in [-0.2, -0.15) is 0 Å². The van der Waals surface area contributed by atoms with Crippen molar-refractivity contribution >= 4 is 11.9 Å². The maximum Gasteiger partial charge on any atom is 0.307 e. The first kappa shape index (κ1) is 16.1. The Bertz CT molecular complexity index is 447. The van der Waals surface area contributed by atoms with E-state index < -0.39 is 5.97 Å². The third-order valence-corrected chi connectivity index (χ3v) is 2.80. The van der Waals surface area contributed by atoms with Crippen molar-refractivity contribution < 1.29 is 23.8 Å². The van der Waals surface area contributed by atoms with E-state index in [9.17, 15) is 14.0 Å². The number of nitrogens with zero attached hydrogens (tertiary/aromatic N) is 1. The van der Waals surface area contributed by atoms with E-state index in [1.165, 1.54) is 36.3 Å². The zero-order valence-corrected chi connectivity index (χ0v) is 11.3. The number of hydrogen-bond donors (Lipinski definition) is 1. The summed E-state index contributed by atoms with van der Waals surface area (Å²) in [6.45, 7) is 0.153. The number of amides is 1. The summed E-state index contributed by atoms with van der Waals surface area (Å²) in [5.74, 6) is -1.00. The SMILES string of the molecule is COC(=O)CCN(CCO)C(=O)Cc1ccc(F)cc1. The lowest BCUT2D eigenvalue weighted by atomic mass is 10.1. The van der Waals surface area contributed by atoms with Crippen LogP contribution >= 0.6 is 0 Å². The van der Waals surface area contributed by atoms with Crippen molar-refractivity contribution in [2.75, 3.05) is 26.8 Å². The molecule has 110 valence electrons. The summed E-state index contributed by atoms with van der Waals surface area (Å²) in [5, 5.41) is 8.95. The Morgan fingerprint density at radius 2 is 1.90 bits per heavy atom. The molecular formula is C14H18FNO4. The number of benzene rings is 1. The molecule has 0 spiro atoms. The Labute approximate surface area is 117 Å². The molecule has 5 nitrogen and oxygen atoms in total. The Balaban J connectivity index is 2.58. The fourth-order valence-corrected chi connectivity index (χ4v) is 1.70. The zero-order valence-electron chi connectivity index (χ0n) is 11.3. The normalized spacial score (nSPS) is 10.2. The van der Waals surface area contributed by atoms with Gasteiger partial charge in [0, 0.05) is 13.1 Å². The quantitative estimate of drug-likeness (QED) is 0.750. The highest BCUT2D eigenvalue weighted by molar-refractivity contribution is 5.79. The molecule has 1 aromatic carbocycles. The van der Waals surface area contributed by atoms with Crippen LogP contribution in [-0.2, 0) is 20.7 Å². The Morgan fingerprint density at radius 3 is 2.45 bits per heavy atom. The minimum atomic E-state index is -0.414. The average molecular weight is 283 g/mol. The lowest BCUT2D eigenvalue weighted by molar-refractivity contribution is -0.141. The molecule has 0 bridgehead atoms. The third-order valence-electron chi connectivity index (χ3n) is 2.80. The van der Waals surface area contributed by atoms with Gasteiger partial charge in [-0.05, 0) is 17.7 Å². The first-order valence-corrected chi connectivity index (χ1v) is 6.26. The number of halogens is 1. The molecule has 1 N–H and O–H groups in total. The van der Waals surface area contributed by atoms with Crippen LogP contribution in [0.4, 0.5) is 4.39 Å². The smallest absolute Gasteiger partial charge is 0.307 e. The van der Waals surface area contributed by atoms with Crippen molar-refractivity contribution in [2.24, 2.45) is 0 Å². The number of ether oxygens (including phenoxy) is 1. The number of aliphatic hydroxyl groups is 1. The summed E-state index contributed by atoms with van der Waals surface area (Å²) in [7, 11) is 1.28. The number of carbonyl (C=O) groups is 2. The van der Waals surface area contributed by atoms with Crippen molar-refractivity contribution in [3.63, 3.8) is 0 Å². The standard InChI is InChI=1S/C14H18FNO4/c1-20-14(19)6-7-16(8-9-17)13(18)10-11-2-4-12(15)5-3-11/h2-5,17H,6-10H2,1H3. The van der Waals surface area contributed by atoms with Gasteiger partial charge in [-0.15, -0.1) is 0 Å². The summed E-state index contributed by atoms with van der Waals surface area (Å²) in [4.78, 5) is 24.5. The van der Waals surface area contributed by atoms with Crippen LogP contribution in [0.15, 0.2) is 24.3 Å². The van der Waals surface area contributed by atoms with Gasteiger partial charge >= 0.3 is 5.97 Å². The van der Waals surface area contributed by atoms with Crippen LogP contribution in [-0.4, -0.2) is 48.7 Å². The maximum atomic E-state index is 12.8. The summed E-state index contributed by atoms with van der Waals surface area (Å²) in [6.07, 6.45) is 0.174. The van der Waals surface area contributed by atoms with Gasteiger partial charge < -0.3 is 14.7 Å². The second-order valence-electron chi connectivity index (χ2n) is 4.23. The molecule has 0 aliphatic heterocycles. The molecule has 0 saturated carbocycles. The molecule has 1 aromatic rings. The van der Waals surface area contributed by atoms with Crippen molar-refractivity contribution in [3.05, 3.63) is 35.6 Å². The van der Waals surface area contributed by atoms with E-state index in [1.807, 2.05) is 0 Å². The van der Waals surface area contributed by atoms with Crippen LogP contribution in [0.1, 0.15) is 12.0 Å². The number of hydrogen-bond acceptors (Lipinski definition) is 4. The van der Waals surface area contributed by atoms with Gasteiger partial charge in [0.15, 0.2) is 0 Å². The van der Waals surface area contributed by atoms with E-state index in [1.54, 1.807) is 0 Å². The van der Waals surface area contributed by atoms with Crippen LogP contribution in [0.2, 0.25) is 0 Å². The Hall–Kier alpha value is -1.95. The predicted octanol–water partition coefficient (Wildman–Crippen LogP) is 0.752. The molecule has 0 heterocycles. The van der Waals surface area contributed by atoms with Gasteiger partial charge in [-0.25, -0.2) is 4.39 Å². The van der Waals surface area contributed by atoms with Gasteiger partial charge in [0.25, 0.3) is 0 Å². The summed E-state index contributed by atoms with van der Waals surface area (Å²) in [6, 6.07) is 5.64. The lowest BCUT2D eigenvalue weighted by Crippen LogP contribution is -2.36. The molecule has 0 saturated heterocycles. The minimum Gasteiger partial charge on any atom is -0.469 e. The van der Waals surface area contributed by atoms with Gasteiger partial charge in [-0.3, -0.25) is 9.59 Å². The number of esters is 1. The molecule has 1 amide bonds. The molecule has 0 unspecified atom stereocenters. The molecule has 20 heavy (non-hydrogen) atoms. The van der Waals surface area contributed by atoms with Crippen molar-refractivity contribution in [2.45, 2.75) is 12.8 Å². The molecule has 0 fully saturated rings. The van der Waals surface area contributed by atoms with E-state index >= 15 is 0 Å². The molecule has 1 rings (SSSR count). The predicted molar refractivity (Wildman–Crippen MR) is 70.4 cm³/mol. The highest BCUT2D eigenvalue weighted by Crippen LogP contribution is 2.06.